The third kappa shape index (κ3) is 4.38. The van der Waals surface area contributed by atoms with E-state index in [2.05, 4.69) is 5.32 Å². The van der Waals surface area contributed by atoms with Gasteiger partial charge in [-0.15, -0.1) is 0 Å². The number of halogens is 1. The fraction of sp³-hybridized carbons (Fsp3) is 0.278. The maximum absolute atomic E-state index is 12.8. The number of rotatable bonds is 7. The van der Waals surface area contributed by atoms with Crippen LogP contribution in [0.15, 0.2) is 42.5 Å². The van der Waals surface area contributed by atoms with Crippen LogP contribution in [0.5, 0.6) is 17.2 Å². The normalized spacial score (nSPS) is 12.0. The maximum Gasteiger partial charge on any atom is 0.231 e. The van der Waals surface area contributed by atoms with Gasteiger partial charge in [0, 0.05) is 6.42 Å². The highest BCUT2D eigenvalue weighted by atomic mass is 19.1. The number of aryl methyl sites for hydroxylation is 1. The van der Waals surface area contributed by atoms with Gasteiger partial charge in [-0.1, -0.05) is 6.07 Å². The first kappa shape index (κ1) is 16.1. The first-order chi connectivity index (χ1) is 11.7. The molecule has 126 valence electrons. The third-order valence-corrected chi connectivity index (χ3v) is 3.58. The number of carbonyl (C=O) groups excluding carboxylic acids is 1. The largest absolute Gasteiger partial charge is 0.492 e. The van der Waals surface area contributed by atoms with Crippen molar-refractivity contribution in [1.82, 2.24) is 5.32 Å². The van der Waals surface area contributed by atoms with Crippen molar-refractivity contribution in [2.75, 3.05) is 19.9 Å². The summed E-state index contributed by atoms with van der Waals surface area (Å²) in [5.74, 6) is 1.68. The second kappa shape index (κ2) is 7.68. The Morgan fingerprint density at radius 1 is 1.12 bits per heavy atom. The number of amides is 1. The summed E-state index contributed by atoms with van der Waals surface area (Å²) in [6, 6.07) is 11.4. The van der Waals surface area contributed by atoms with Crippen molar-refractivity contribution < 1.29 is 23.4 Å². The second-order valence-electron chi connectivity index (χ2n) is 5.34. The molecule has 0 unspecified atom stereocenters. The Hall–Kier alpha value is -2.76. The van der Waals surface area contributed by atoms with E-state index in [1.807, 2.05) is 18.2 Å². The Labute approximate surface area is 139 Å². The fourth-order valence-electron chi connectivity index (χ4n) is 2.33. The summed E-state index contributed by atoms with van der Waals surface area (Å²) < 4.78 is 28.7. The molecule has 2 aromatic rings. The van der Waals surface area contributed by atoms with E-state index in [0.717, 1.165) is 17.1 Å². The monoisotopic (exact) mass is 331 g/mol. The molecule has 3 rings (SSSR count). The van der Waals surface area contributed by atoms with Crippen LogP contribution in [-0.4, -0.2) is 25.9 Å². The van der Waals surface area contributed by atoms with Crippen LogP contribution >= 0.6 is 0 Å². The molecule has 0 saturated carbocycles. The third-order valence-electron chi connectivity index (χ3n) is 3.58. The van der Waals surface area contributed by atoms with Crippen molar-refractivity contribution >= 4 is 5.91 Å². The van der Waals surface area contributed by atoms with Crippen LogP contribution in [0.4, 0.5) is 4.39 Å². The predicted octanol–water partition coefficient (Wildman–Crippen LogP) is 2.68. The number of carbonyl (C=O) groups is 1. The Morgan fingerprint density at radius 2 is 1.92 bits per heavy atom. The van der Waals surface area contributed by atoms with E-state index in [0.29, 0.717) is 31.7 Å². The van der Waals surface area contributed by atoms with Crippen molar-refractivity contribution in [3.8, 4) is 17.2 Å². The summed E-state index contributed by atoms with van der Waals surface area (Å²) in [5, 5.41) is 2.79. The highest BCUT2D eigenvalue weighted by Gasteiger charge is 2.13. The lowest BCUT2D eigenvalue weighted by Crippen LogP contribution is -2.28. The average molecular weight is 331 g/mol. The highest BCUT2D eigenvalue weighted by molar-refractivity contribution is 5.76. The first-order valence-electron chi connectivity index (χ1n) is 7.74. The van der Waals surface area contributed by atoms with E-state index < -0.39 is 0 Å². The first-order valence-corrected chi connectivity index (χ1v) is 7.74. The molecule has 1 aliphatic rings. The average Bonchev–Trinajstić information content (AvgIpc) is 3.06. The molecular formula is C18H18FNO4. The number of benzene rings is 2. The van der Waals surface area contributed by atoms with Gasteiger partial charge in [-0.05, 0) is 48.4 Å². The Morgan fingerprint density at radius 3 is 2.75 bits per heavy atom. The zero-order valence-electron chi connectivity index (χ0n) is 13.1. The van der Waals surface area contributed by atoms with Gasteiger partial charge in [-0.2, -0.15) is 0 Å². The molecule has 0 radical (unpaired) electrons. The van der Waals surface area contributed by atoms with Gasteiger partial charge in [-0.3, -0.25) is 4.79 Å². The lowest BCUT2D eigenvalue weighted by Gasteiger charge is -2.08. The van der Waals surface area contributed by atoms with Crippen LogP contribution in [-0.2, 0) is 11.2 Å². The maximum atomic E-state index is 12.8. The SMILES string of the molecule is O=C(CCc1ccc2c(c1)OCO2)NCCOc1ccc(F)cc1. The molecule has 6 heteroatoms. The molecule has 0 aromatic heterocycles. The molecule has 0 bridgehead atoms. The van der Waals surface area contributed by atoms with Crippen molar-refractivity contribution in [2.24, 2.45) is 0 Å². The van der Waals surface area contributed by atoms with E-state index in [4.69, 9.17) is 14.2 Å². The minimum atomic E-state index is -0.306. The van der Waals surface area contributed by atoms with E-state index in [9.17, 15) is 9.18 Å². The molecule has 5 nitrogen and oxygen atoms in total. The van der Waals surface area contributed by atoms with Crippen LogP contribution in [0.1, 0.15) is 12.0 Å². The van der Waals surface area contributed by atoms with Gasteiger partial charge in [0.1, 0.15) is 18.2 Å². The van der Waals surface area contributed by atoms with Gasteiger partial charge >= 0.3 is 0 Å². The highest BCUT2D eigenvalue weighted by Crippen LogP contribution is 2.32. The van der Waals surface area contributed by atoms with E-state index >= 15 is 0 Å². The zero-order chi connectivity index (χ0) is 16.8. The predicted molar refractivity (Wildman–Crippen MR) is 85.8 cm³/mol. The fourth-order valence-corrected chi connectivity index (χ4v) is 2.33. The minimum absolute atomic E-state index is 0.0460. The molecule has 0 saturated heterocycles. The summed E-state index contributed by atoms with van der Waals surface area (Å²) in [6.07, 6.45) is 1.01. The van der Waals surface area contributed by atoms with Gasteiger partial charge in [0.25, 0.3) is 0 Å². The lowest BCUT2D eigenvalue weighted by molar-refractivity contribution is -0.121. The molecule has 0 fully saturated rings. The quantitative estimate of drug-likeness (QED) is 0.793. The van der Waals surface area contributed by atoms with Crippen LogP contribution in [0.2, 0.25) is 0 Å². The topological polar surface area (TPSA) is 56.8 Å². The van der Waals surface area contributed by atoms with Gasteiger partial charge in [-0.25, -0.2) is 4.39 Å². The minimum Gasteiger partial charge on any atom is -0.492 e. The molecule has 1 aliphatic heterocycles. The summed E-state index contributed by atoms with van der Waals surface area (Å²) in [4.78, 5) is 11.8. The molecule has 1 N–H and O–H groups in total. The Bertz CT molecular complexity index is 703. The van der Waals surface area contributed by atoms with E-state index in [1.54, 1.807) is 12.1 Å². The molecule has 0 spiro atoms. The van der Waals surface area contributed by atoms with E-state index in [-0.39, 0.29) is 18.5 Å². The van der Waals surface area contributed by atoms with Crippen molar-refractivity contribution in [3.05, 3.63) is 53.8 Å². The summed E-state index contributed by atoms with van der Waals surface area (Å²) >= 11 is 0. The zero-order valence-corrected chi connectivity index (χ0v) is 13.1. The molecule has 0 aliphatic carbocycles. The van der Waals surface area contributed by atoms with Crippen LogP contribution in [0.25, 0.3) is 0 Å². The van der Waals surface area contributed by atoms with E-state index in [1.165, 1.54) is 12.1 Å². The van der Waals surface area contributed by atoms with Crippen molar-refractivity contribution in [3.63, 3.8) is 0 Å². The van der Waals surface area contributed by atoms with Gasteiger partial charge in [0.2, 0.25) is 12.7 Å². The Balaban J connectivity index is 1.34. The van der Waals surface area contributed by atoms with Crippen molar-refractivity contribution in [1.29, 1.82) is 0 Å². The molecule has 2 aromatic carbocycles. The van der Waals surface area contributed by atoms with Gasteiger partial charge in [0.05, 0.1) is 6.54 Å². The number of hydrogen-bond acceptors (Lipinski definition) is 4. The standard InChI is InChI=1S/C18H18FNO4/c19-14-3-5-15(6-4-14)22-10-9-20-18(21)8-2-13-1-7-16-17(11-13)24-12-23-16/h1,3-7,11H,2,8-10,12H2,(H,20,21). The van der Waals surface area contributed by atoms with Crippen LogP contribution < -0.4 is 19.5 Å². The Kier molecular flexibility index (Phi) is 5.15. The van der Waals surface area contributed by atoms with Crippen LogP contribution in [0.3, 0.4) is 0 Å². The lowest BCUT2D eigenvalue weighted by atomic mass is 10.1. The smallest absolute Gasteiger partial charge is 0.231 e. The van der Waals surface area contributed by atoms with Crippen molar-refractivity contribution in [2.45, 2.75) is 12.8 Å². The molecular weight excluding hydrogens is 313 g/mol. The number of nitrogens with one attached hydrogen (secondary N) is 1. The molecule has 24 heavy (non-hydrogen) atoms. The number of ether oxygens (including phenoxy) is 3. The number of hydrogen-bond donors (Lipinski definition) is 1. The summed E-state index contributed by atoms with van der Waals surface area (Å²) in [7, 11) is 0. The molecule has 1 heterocycles. The second-order valence-corrected chi connectivity index (χ2v) is 5.34. The summed E-state index contributed by atoms with van der Waals surface area (Å²) in [6.45, 7) is 0.978. The number of fused-ring (bicyclic) bond motifs is 1. The van der Waals surface area contributed by atoms with Crippen LogP contribution in [0, 0.1) is 5.82 Å². The molecule has 1 amide bonds. The van der Waals surface area contributed by atoms with Gasteiger partial charge in [0.15, 0.2) is 11.5 Å². The summed E-state index contributed by atoms with van der Waals surface area (Å²) in [5.41, 5.74) is 1.02. The molecule has 0 atom stereocenters. The van der Waals surface area contributed by atoms with Gasteiger partial charge < -0.3 is 19.5 Å².